The standard InChI is InChI=1S/C21H26FN3O3S/c1-5-6-13-24-29(26,27)19-10-8-18(9-11-19)25(15-23-3)16(2)17-7-12-21(28-4)20(22)14-17/h7-12,14-15,24H,2,5-6,13H2,1,3-4H3. The number of aliphatic imine (C=N–C) groups is 1. The van der Waals surface area contributed by atoms with E-state index in [-0.39, 0.29) is 10.6 Å². The average molecular weight is 420 g/mol. The largest absolute Gasteiger partial charge is 0.494 e. The van der Waals surface area contributed by atoms with Gasteiger partial charge in [0.05, 0.1) is 18.3 Å². The summed E-state index contributed by atoms with van der Waals surface area (Å²) in [5, 5.41) is 0. The lowest BCUT2D eigenvalue weighted by Gasteiger charge is -2.23. The molecule has 1 N–H and O–H groups in total. The molecule has 2 aromatic carbocycles. The molecular weight excluding hydrogens is 393 g/mol. The predicted molar refractivity (Wildman–Crippen MR) is 115 cm³/mol. The van der Waals surface area contributed by atoms with Crippen LogP contribution in [0.1, 0.15) is 25.3 Å². The molecule has 0 heterocycles. The second-order valence-corrected chi connectivity index (χ2v) is 8.05. The van der Waals surface area contributed by atoms with E-state index in [1.54, 1.807) is 30.1 Å². The molecule has 0 saturated heterocycles. The summed E-state index contributed by atoms with van der Waals surface area (Å²) in [6.07, 6.45) is 3.21. The second-order valence-electron chi connectivity index (χ2n) is 6.28. The normalized spacial score (nSPS) is 11.6. The summed E-state index contributed by atoms with van der Waals surface area (Å²) in [5.74, 6) is -0.360. The summed E-state index contributed by atoms with van der Waals surface area (Å²) in [4.78, 5) is 5.86. The van der Waals surface area contributed by atoms with Crippen LogP contribution in [0.5, 0.6) is 5.75 Å². The Balaban J connectivity index is 2.29. The number of hydrogen-bond donors (Lipinski definition) is 1. The molecule has 2 rings (SSSR count). The number of halogens is 1. The Kier molecular flexibility index (Phi) is 7.92. The number of nitrogens with zero attached hydrogens (tertiary/aromatic N) is 2. The number of nitrogens with one attached hydrogen (secondary N) is 1. The Morgan fingerprint density at radius 2 is 1.97 bits per heavy atom. The van der Waals surface area contributed by atoms with Gasteiger partial charge in [-0.3, -0.25) is 4.99 Å². The maximum Gasteiger partial charge on any atom is 0.240 e. The zero-order chi connectivity index (χ0) is 21.4. The SMILES string of the molecule is C=C(c1ccc(OC)c(F)c1)N(C=NC)c1ccc(S(=O)(=O)NCCCC)cc1. The van der Waals surface area contributed by atoms with Gasteiger partial charge >= 0.3 is 0 Å². The molecule has 0 spiro atoms. The molecule has 156 valence electrons. The Morgan fingerprint density at radius 3 is 2.52 bits per heavy atom. The smallest absolute Gasteiger partial charge is 0.240 e. The fourth-order valence-electron chi connectivity index (χ4n) is 2.65. The van der Waals surface area contributed by atoms with Crippen LogP contribution < -0.4 is 14.4 Å². The number of benzene rings is 2. The van der Waals surface area contributed by atoms with Gasteiger partial charge < -0.3 is 9.64 Å². The van der Waals surface area contributed by atoms with Gasteiger partial charge in [-0.15, -0.1) is 0 Å². The monoisotopic (exact) mass is 419 g/mol. The molecule has 0 amide bonds. The third-order valence-corrected chi connectivity index (χ3v) is 5.73. The van der Waals surface area contributed by atoms with E-state index < -0.39 is 15.8 Å². The first-order chi connectivity index (χ1) is 13.8. The summed E-state index contributed by atoms with van der Waals surface area (Å²) in [6, 6.07) is 10.9. The van der Waals surface area contributed by atoms with Crippen LogP contribution in [0.4, 0.5) is 10.1 Å². The first-order valence-electron chi connectivity index (χ1n) is 9.18. The highest BCUT2D eigenvalue weighted by Crippen LogP contribution is 2.28. The van der Waals surface area contributed by atoms with E-state index in [2.05, 4.69) is 16.3 Å². The van der Waals surface area contributed by atoms with Gasteiger partial charge in [0.1, 0.15) is 0 Å². The van der Waals surface area contributed by atoms with Crippen molar-refractivity contribution >= 4 is 27.7 Å². The fourth-order valence-corrected chi connectivity index (χ4v) is 3.72. The predicted octanol–water partition coefficient (Wildman–Crippen LogP) is 4.05. The fraction of sp³-hybridized carbons (Fsp3) is 0.286. The van der Waals surface area contributed by atoms with Gasteiger partial charge in [-0.1, -0.05) is 19.9 Å². The van der Waals surface area contributed by atoms with E-state index in [9.17, 15) is 12.8 Å². The van der Waals surface area contributed by atoms with Crippen LogP contribution in [0.25, 0.3) is 5.70 Å². The van der Waals surface area contributed by atoms with Crippen molar-refractivity contribution in [3.05, 3.63) is 60.4 Å². The third-order valence-electron chi connectivity index (χ3n) is 4.25. The third kappa shape index (κ3) is 5.65. The highest BCUT2D eigenvalue weighted by molar-refractivity contribution is 7.89. The molecule has 0 saturated carbocycles. The molecule has 2 aromatic rings. The Labute approximate surface area is 171 Å². The van der Waals surface area contributed by atoms with Crippen LogP contribution >= 0.6 is 0 Å². The zero-order valence-corrected chi connectivity index (χ0v) is 17.7. The van der Waals surface area contributed by atoms with Crippen LogP contribution in [-0.4, -0.2) is 35.5 Å². The Hall–Kier alpha value is -2.71. The van der Waals surface area contributed by atoms with Crippen molar-refractivity contribution in [1.82, 2.24) is 4.72 Å². The van der Waals surface area contributed by atoms with Crippen molar-refractivity contribution in [3.8, 4) is 5.75 Å². The number of ether oxygens (including phenoxy) is 1. The highest BCUT2D eigenvalue weighted by atomic mass is 32.2. The Bertz CT molecular complexity index is 973. The molecule has 0 unspecified atom stereocenters. The van der Waals surface area contributed by atoms with E-state index in [0.717, 1.165) is 12.8 Å². The van der Waals surface area contributed by atoms with Crippen molar-refractivity contribution in [2.75, 3.05) is 25.6 Å². The summed E-state index contributed by atoms with van der Waals surface area (Å²) in [5.41, 5.74) is 1.67. The highest BCUT2D eigenvalue weighted by Gasteiger charge is 2.16. The van der Waals surface area contributed by atoms with Gasteiger partial charge in [0.15, 0.2) is 11.6 Å². The first kappa shape index (κ1) is 22.6. The molecule has 0 bridgehead atoms. The summed E-state index contributed by atoms with van der Waals surface area (Å²) in [6.45, 7) is 6.43. The van der Waals surface area contributed by atoms with Gasteiger partial charge in [0.2, 0.25) is 10.0 Å². The minimum Gasteiger partial charge on any atom is -0.494 e. The van der Waals surface area contributed by atoms with Gasteiger partial charge in [-0.05, 0) is 48.9 Å². The molecule has 0 aliphatic carbocycles. The van der Waals surface area contributed by atoms with Gasteiger partial charge in [-0.2, -0.15) is 0 Å². The van der Waals surface area contributed by atoms with E-state index in [4.69, 9.17) is 4.74 Å². The number of hydrogen-bond acceptors (Lipinski definition) is 4. The van der Waals surface area contributed by atoms with E-state index in [1.165, 1.54) is 37.7 Å². The maximum absolute atomic E-state index is 14.1. The topological polar surface area (TPSA) is 71.0 Å². The van der Waals surface area contributed by atoms with E-state index >= 15 is 0 Å². The maximum atomic E-state index is 14.1. The zero-order valence-electron chi connectivity index (χ0n) is 16.9. The van der Waals surface area contributed by atoms with Gasteiger partial charge in [0.25, 0.3) is 0 Å². The summed E-state index contributed by atoms with van der Waals surface area (Å²) >= 11 is 0. The lowest BCUT2D eigenvalue weighted by Crippen LogP contribution is -2.25. The second kappa shape index (κ2) is 10.2. The van der Waals surface area contributed by atoms with Crippen molar-refractivity contribution in [2.45, 2.75) is 24.7 Å². The average Bonchev–Trinajstić information content (AvgIpc) is 2.71. The lowest BCUT2D eigenvalue weighted by atomic mass is 10.1. The van der Waals surface area contributed by atoms with Crippen molar-refractivity contribution in [3.63, 3.8) is 0 Å². The number of rotatable bonds is 10. The number of sulfonamides is 1. The number of unbranched alkanes of at least 4 members (excludes halogenated alkanes) is 1. The van der Waals surface area contributed by atoms with Crippen LogP contribution in [0, 0.1) is 5.82 Å². The van der Waals surface area contributed by atoms with Crippen molar-refractivity contribution in [2.24, 2.45) is 4.99 Å². The number of anilines is 1. The molecular formula is C21H26FN3O3S. The van der Waals surface area contributed by atoms with Crippen LogP contribution in [-0.2, 0) is 10.0 Å². The number of methoxy groups -OCH3 is 1. The minimum atomic E-state index is -3.56. The van der Waals surface area contributed by atoms with Gasteiger partial charge in [0, 0.05) is 30.5 Å². The quantitative estimate of drug-likeness (QED) is 0.358. The Morgan fingerprint density at radius 1 is 1.28 bits per heavy atom. The first-order valence-corrected chi connectivity index (χ1v) is 10.7. The van der Waals surface area contributed by atoms with E-state index in [1.807, 2.05) is 6.92 Å². The molecule has 29 heavy (non-hydrogen) atoms. The molecule has 0 radical (unpaired) electrons. The summed E-state index contributed by atoms with van der Waals surface area (Å²) < 4.78 is 46.3. The van der Waals surface area contributed by atoms with Gasteiger partial charge in [-0.25, -0.2) is 17.5 Å². The summed E-state index contributed by atoms with van der Waals surface area (Å²) in [7, 11) is -0.560. The van der Waals surface area contributed by atoms with Crippen molar-refractivity contribution < 1.29 is 17.5 Å². The molecule has 0 aliphatic rings. The molecule has 8 heteroatoms. The molecule has 0 aliphatic heterocycles. The lowest BCUT2D eigenvalue weighted by molar-refractivity contribution is 0.386. The van der Waals surface area contributed by atoms with E-state index in [0.29, 0.717) is 23.5 Å². The minimum absolute atomic E-state index is 0.141. The van der Waals surface area contributed by atoms with Crippen LogP contribution in [0.2, 0.25) is 0 Å². The van der Waals surface area contributed by atoms with Crippen LogP contribution in [0.15, 0.2) is 58.9 Å². The van der Waals surface area contributed by atoms with Crippen molar-refractivity contribution in [1.29, 1.82) is 0 Å². The van der Waals surface area contributed by atoms with Crippen LogP contribution in [0.3, 0.4) is 0 Å². The molecule has 0 aromatic heterocycles. The molecule has 0 atom stereocenters. The molecule has 0 fully saturated rings. The molecule has 6 nitrogen and oxygen atoms in total.